The zero-order chi connectivity index (χ0) is 18.2. The van der Waals surface area contributed by atoms with Crippen molar-refractivity contribution >= 4 is 5.91 Å². The first-order chi connectivity index (χ1) is 12.0. The number of rotatable bonds is 8. The van der Waals surface area contributed by atoms with Gasteiger partial charge in [-0.3, -0.25) is 14.6 Å². The van der Waals surface area contributed by atoms with Crippen LogP contribution >= 0.6 is 0 Å². The van der Waals surface area contributed by atoms with Crippen molar-refractivity contribution in [3.05, 3.63) is 29.8 Å². The van der Waals surface area contributed by atoms with Crippen LogP contribution in [0.3, 0.4) is 0 Å². The fourth-order valence-electron chi connectivity index (χ4n) is 3.22. The minimum absolute atomic E-state index is 0.0738. The van der Waals surface area contributed by atoms with E-state index in [1.807, 2.05) is 31.2 Å². The van der Waals surface area contributed by atoms with Gasteiger partial charge in [-0.15, -0.1) is 0 Å². The number of benzene rings is 1. The van der Waals surface area contributed by atoms with Crippen molar-refractivity contribution < 1.29 is 14.6 Å². The molecule has 1 amide bonds. The van der Waals surface area contributed by atoms with Crippen LogP contribution in [0.4, 0.5) is 0 Å². The second-order valence-electron chi connectivity index (χ2n) is 6.88. The second kappa shape index (κ2) is 9.75. The van der Waals surface area contributed by atoms with Crippen molar-refractivity contribution in [2.75, 3.05) is 46.4 Å². The van der Waals surface area contributed by atoms with Crippen LogP contribution in [-0.4, -0.2) is 79.3 Å². The minimum atomic E-state index is -0.310. The molecule has 6 nitrogen and oxygen atoms in total. The van der Waals surface area contributed by atoms with E-state index < -0.39 is 0 Å². The van der Waals surface area contributed by atoms with Gasteiger partial charge in [-0.2, -0.15) is 0 Å². The van der Waals surface area contributed by atoms with Gasteiger partial charge in [0.2, 0.25) is 5.91 Å². The summed E-state index contributed by atoms with van der Waals surface area (Å²) in [6.45, 7) is 8.36. The number of β-amino-alcohol motifs (C(OH)–C–C–N with tert-alkyl or cyclic N) is 1. The molecule has 0 aliphatic carbocycles. The number of carbonyl (C=O) groups is 1. The summed E-state index contributed by atoms with van der Waals surface area (Å²) in [6.07, 6.45) is 0.504. The average molecular weight is 349 g/mol. The van der Waals surface area contributed by atoms with Crippen molar-refractivity contribution in [2.24, 2.45) is 0 Å². The van der Waals surface area contributed by atoms with Crippen molar-refractivity contribution in [1.82, 2.24) is 15.1 Å². The van der Waals surface area contributed by atoms with Gasteiger partial charge in [0.05, 0.1) is 19.8 Å². The number of hydrogen-bond acceptors (Lipinski definition) is 5. The van der Waals surface area contributed by atoms with Crippen LogP contribution in [0.1, 0.15) is 19.4 Å². The summed E-state index contributed by atoms with van der Waals surface area (Å²) in [5.74, 6) is 0.918. The Morgan fingerprint density at radius 3 is 2.68 bits per heavy atom. The molecule has 25 heavy (non-hydrogen) atoms. The summed E-state index contributed by atoms with van der Waals surface area (Å²) in [5.41, 5.74) is 1.18. The van der Waals surface area contributed by atoms with E-state index in [9.17, 15) is 9.90 Å². The standard InChI is InChI=1S/C19H31N3O3/c1-15-12-21(10-11-22(15)13-16(2)23)14-19(24)20-9-8-17-4-6-18(25-3)7-5-17/h4-7,15-16,23H,8-14H2,1-3H3,(H,20,24)/t15-,16-/m1/s1. The molecule has 1 saturated heterocycles. The lowest BCUT2D eigenvalue weighted by Crippen LogP contribution is -2.55. The van der Waals surface area contributed by atoms with Gasteiger partial charge in [0.1, 0.15) is 5.75 Å². The molecule has 2 N–H and O–H groups in total. The largest absolute Gasteiger partial charge is 0.497 e. The Morgan fingerprint density at radius 2 is 2.08 bits per heavy atom. The van der Waals surface area contributed by atoms with E-state index in [4.69, 9.17) is 4.74 Å². The molecule has 0 aromatic heterocycles. The molecule has 1 fully saturated rings. The Balaban J connectivity index is 1.66. The quantitative estimate of drug-likeness (QED) is 0.725. The van der Waals surface area contributed by atoms with E-state index in [-0.39, 0.29) is 12.0 Å². The molecular weight excluding hydrogens is 318 g/mol. The molecule has 1 aromatic rings. The third-order valence-corrected chi connectivity index (χ3v) is 4.61. The lowest BCUT2D eigenvalue weighted by atomic mass is 10.1. The molecule has 0 unspecified atom stereocenters. The lowest BCUT2D eigenvalue weighted by Gasteiger charge is -2.40. The van der Waals surface area contributed by atoms with Crippen molar-refractivity contribution in [3.8, 4) is 5.75 Å². The Bertz CT molecular complexity index is 533. The molecule has 0 radical (unpaired) electrons. The van der Waals surface area contributed by atoms with E-state index in [0.29, 0.717) is 25.7 Å². The Kier molecular flexibility index (Phi) is 7.68. The highest BCUT2D eigenvalue weighted by Gasteiger charge is 2.25. The molecule has 2 rings (SSSR count). The van der Waals surface area contributed by atoms with Gasteiger partial charge in [-0.1, -0.05) is 12.1 Å². The van der Waals surface area contributed by atoms with Crippen LogP contribution in [0.25, 0.3) is 0 Å². The summed E-state index contributed by atoms with van der Waals surface area (Å²) < 4.78 is 5.14. The number of aliphatic hydroxyl groups is 1. The molecule has 1 heterocycles. The Hall–Kier alpha value is -1.63. The van der Waals surface area contributed by atoms with E-state index in [2.05, 4.69) is 22.0 Å². The number of carbonyl (C=O) groups excluding carboxylic acids is 1. The molecular formula is C19H31N3O3. The highest BCUT2D eigenvalue weighted by atomic mass is 16.5. The molecule has 0 saturated carbocycles. The zero-order valence-electron chi connectivity index (χ0n) is 15.6. The van der Waals surface area contributed by atoms with Gasteiger partial charge < -0.3 is 15.2 Å². The molecule has 1 aromatic carbocycles. The highest BCUT2D eigenvalue weighted by molar-refractivity contribution is 5.78. The molecule has 6 heteroatoms. The second-order valence-corrected chi connectivity index (χ2v) is 6.88. The van der Waals surface area contributed by atoms with Crippen LogP contribution < -0.4 is 10.1 Å². The third kappa shape index (κ3) is 6.65. The molecule has 1 aliphatic rings. The van der Waals surface area contributed by atoms with E-state index in [1.165, 1.54) is 5.56 Å². The molecule has 0 bridgehead atoms. The van der Waals surface area contributed by atoms with Gasteiger partial charge >= 0.3 is 0 Å². The van der Waals surface area contributed by atoms with E-state index in [1.54, 1.807) is 7.11 Å². The summed E-state index contributed by atoms with van der Waals surface area (Å²) in [5, 5.41) is 12.5. The number of nitrogens with one attached hydrogen (secondary N) is 1. The lowest BCUT2D eigenvalue weighted by molar-refractivity contribution is -0.123. The Morgan fingerprint density at radius 1 is 1.36 bits per heavy atom. The zero-order valence-corrected chi connectivity index (χ0v) is 15.6. The molecule has 140 valence electrons. The first-order valence-electron chi connectivity index (χ1n) is 9.02. The van der Waals surface area contributed by atoms with Crippen LogP contribution in [0.5, 0.6) is 5.75 Å². The number of methoxy groups -OCH3 is 1. The van der Waals surface area contributed by atoms with E-state index in [0.717, 1.165) is 31.8 Å². The predicted molar refractivity (Wildman–Crippen MR) is 98.9 cm³/mol. The predicted octanol–water partition coefficient (Wildman–Crippen LogP) is 0.741. The average Bonchev–Trinajstić information content (AvgIpc) is 2.57. The number of piperazine rings is 1. The molecule has 0 spiro atoms. The minimum Gasteiger partial charge on any atom is -0.497 e. The number of amides is 1. The maximum Gasteiger partial charge on any atom is 0.234 e. The fraction of sp³-hybridized carbons (Fsp3) is 0.632. The monoisotopic (exact) mass is 349 g/mol. The first-order valence-corrected chi connectivity index (χ1v) is 9.02. The first kappa shape index (κ1) is 19.7. The van der Waals surface area contributed by atoms with Crippen LogP contribution in [0.15, 0.2) is 24.3 Å². The normalized spacial score (nSPS) is 20.2. The van der Waals surface area contributed by atoms with Crippen molar-refractivity contribution in [1.29, 1.82) is 0 Å². The van der Waals surface area contributed by atoms with Gasteiger partial charge in [-0.05, 0) is 38.0 Å². The van der Waals surface area contributed by atoms with Gasteiger partial charge in [0.25, 0.3) is 0 Å². The van der Waals surface area contributed by atoms with E-state index >= 15 is 0 Å². The number of aliphatic hydroxyl groups excluding tert-OH is 1. The summed E-state index contributed by atoms with van der Waals surface area (Å²) in [7, 11) is 1.65. The van der Waals surface area contributed by atoms with Crippen LogP contribution in [0.2, 0.25) is 0 Å². The van der Waals surface area contributed by atoms with Gasteiger partial charge in [-0.25, -0.2) is 0 Å². The number of hydrogen-bond donors (Lipinski definition) is 2. The van der Waals surface area contributed by atoms with Gasteiger partial charge in [0.15, 0.2) is 0 Å². The SMILES string of the molecule is COc1ccc(CCNC(=O)CN2CCN(C[C@@H](C)O)[C@H](C)C2)cc1. The maximum atomic E-state index is 12.1. The molecule has 1 aliphatic heterocycles. The summed E-state index contributed by atoms with van der Waals surface area (Å²) in [4.78, 5) is 16.6. The van der Waals surface area contributed by atoms with Crippen LogP contribution in [0, 0.1) is 0 Å². The highest BCUT2D eigenvalue weighted by Crippen LogP contribution is 2.12. The fourth-order valence-corrected chi connectivity index (χ4v) is 3.22. The van der Waals surface area contributed by atoms with Crippen molar-refractivity contribution in [2.45, 2.75) is 32.4 Å². The topological polar surface area (TPSA) is 65.0 Å². The summed E-state index contributed by atoms with van der Waals surface area (Å²) in [6, 6.07) is 8.27. The van der Waals surface area contributed by atoms with Gasteiger partial charge in [0, 0.05) is 38.8 Å². The Labute approximate surface area is 150 Å². The summed E-state index contributed by atoms with van der Waals surface area (Å²) >= 11 is 0. The molecule has 2 atom stereocenters. The third-order valence-electron chi connectivity index (χ3n) is 4.61. The number of ether oxygens (including phenoxy) is 1. The smallest absolute Gasteiger partial charge is 0.234 e. The number of nitrogens with zero attached hydrogens (tertiary/aromatic N) is 2. The van der Waals surface area contributed by atoms with Crippen LogP contribution in [-0.2, 0) is 11.2 Å². The van der Waals surface area contributed by atoms with Crippen molar-refractivity contribution in [3.63, 3.8) is 0 Å². The maximum absolute atomic E-state index is 12.1.